The molecule has 2 fully saturated rings. The van der Waals surface area contributed by atoms with Gasteiger partial charge in [-0.15, -0.1) is 0 Å². The molecule has 1 aromatic heterocycles. The Hall–Kier alpha value is -2.39. The quantitative estimate of drug-likeness (QED) is 0.502. The van der Waals surface area contributed by atoms with E-state index in [2.05, 4.69) is 37.6 Å². The van der Waals surface area contributed by atoms with Gasteiger partial charge in [0.2, 0.25) is 5.95 Å². The number of anilines is 1. The van der Waals surface area contributed by atoms with Gasteiger partial charge in [0.1, 0.15) is 6.29 Å². The molecule has 0 spiro atoms. The van der Waals surface area contributed by atoms with Crippen LogP contribution in [0, 0.1) is 0 Å². The number of carbonyl (C=O) groups excluding carboxylic acids is 1. The zero-order chi connectivity index (χ0) is 21.0. The van der Waals surface area contributed by atoms with Gasteiger partial charge in [0.25, 0.3) is 0 Å². The summed E-state index contributed by atoms with van der Waals surface area (Å²) in [6.07, 6.45) is 2.77. The summed E-state index contributed by atoms with van der Waals surface area (Å²) in [4.78, 5) is 22.9. The molecule has 2 aromatic rings. The molecule has 3 heterocycles. The smallest absolute Gasteiger partial charge is 0.220 e. The molecule has 2 aliphatic rings. The van der Waals surface area contributed by atoms with E-state index < -0.39 is 11.6 Å². The number of hydrogen-bond donors (Lipinski definition) is 4. The highest BCUT2D eigenvalue weighted by Crippen LogP contribution is 2.39. The van der Waals surface area contributed by atoms with Crippen molar-refractivity contribution in [1.82, 2.24) is 25.5 Å². The number of piperazine rings is 1. The number of aromatic nitrogens is 2. The normalized spacial score (nSPS) is 23.0. The largest absolute Gasteiger partial charge is 0.388 e. The van der Waals surface area contributed by atoms with Crippen molar-refractivity contribution < 1.29 is 9.90 Å². The molecule has 160 valence electrons. The average Bonchev–Trinajstić information content (AvgIpc) is 2.75. The number of nitrogens with zero attached hydrogens (tertiary/aromatic N) is 3. The van der Waals surface area contributed by atoms with Crippen molar-refractivity contribution in [3.8, 4) is 0 Å². The lowest BCUT2D eigenvalue weighted by Gasteiger charge is -2.48. The first-order chi connectivity index (χ1) is 14.6. The number of aldehydes is 1. The minimum absolute atomic E-state index is 0.193. The minimum atomic E-state index is -0.991. The summed E-state index contributed by atoms with van der Waals surface area (Å²) < 4.78 is 0. The number of carbonyl (C=O) groups is 1. The Labute approximate surface area is 176 Å². The van der Waals surface area contributed by atoms with Crippen molar-refractivity contribution in [3.05, 3.63) is 53.3 Å². The Balaban J connectivity index is 1.73. The molecule has 4 rings (SSSR count). The van der Waals surface area contributed by atoms with Crippen LogP contribution in [0.4, 0.5) is 5.95 Å². The first-order valence-electron chi connectivity index (χ1n) is 10.6. The molecule has 0 saturated carbocycles. The maximum Gasteiger partial charge on any atom is 0.220 e. The monoisotopic (exact) mass is 410 g/mol. The van der Waals surface area contributed by atoms with Crippen molar-refractivity contribution in [3.63, 3.8) is 0 Å². The predicted molar refractivity (Wildman–Crippen MR) is 115 cm³/mol. The van der Waals surface area contributed by atoms with E-state index in [0.717, 1.165) is 37.2 Å². The topological polar surface area (TPSA) is 116 Å². The Bertz CT molecular complexity index is 856. The highest BCUT2D eigenvalue weighted by molar-refractivity contribution is 5.58. The van der Waals surface area contributed by atoms with Crippen LogP contribution in [0.25, 0.3) is 0 Å². The summed E-state index contributed by atoms with van der Waals surface area (Å²) in [7, 11) is 0. The number of hydrogen-bond acceptors (Lipinski definition) is 8. The molecule has 8 nitrogen and oxygen atoms in total. The Morgan fingerprint density at radius 2 is 1.97 bits per heavy atom. The van der Waals surface area contributed by atoms with E-state index in [1.165, 1.54) is 0 Å². The third-order valence-electron chi connectivity index (χ3n) is 6.12. The maximum atomic E-state index is 11.8. The van der Waals surface area contributed by atoms with Gasteiger partial charge >= 0.3 is 0 Å². The second-order valence-electron chi connectivity index (χ2n) is 8.21. The zero-order valence-corrected chi connectivity index (χ0v) is 17.1. The molecule has 0 amide bonds. The molecular weight excluding hydrogens is 380 g/mol. The van der Waals surface area contributed by atoms with Gasteiger partial charge in [-0.2, -0.15) is 0 Å². The fourth-order valence-corrected chi connectivity index (χ4v) is 4.65. The lowest BCUT2D eigenvalue weighted by Crippen LogP contribution is -2.60. The molecule has 2 aliphatic heterocycles. The summed E-state index contributed by atoms with van der Waals surface area (Å²) >= 11 is 0. The first-order valence-corrected chi connectivity index (χ1v) is 10.6. The van der Waals surface area contributed by atoms with E-state index in [1.807, 2.05) is 24.3 Å². The highest BCUT2D eigenvalue weighted by Gasteiger charge is 2.45. The first kappa shape index (κ1) is 20.9. The molecule has 5 N–H and O–H groups in total. The minimum Gasteiger partial charge on any atom is -0.388 e. The van der Waals surface area contributed by atoms with Crippen LogP contribution in [0.15, 0.2) is 36.4 Å². The number of rotatable bonds is 6. The molecule has 2 unspecified atom stereocenters. The molecule has 8 heteroatoms. The molecule has 2 saturated heterocycles. The lowest BCUT2D eigenvalue weighted by atomic mass is 9.81. The van der Waals surface area contributed by atoms with Crippen molar-refractivity contribution in [2.24, 2.45) is 0 Å². The summed E-state index contributed by atoms with van der Waals surface area (Å²) in [5.74, 6) is 0.193. The number of benzene rings is 1. The highest BCUT2D eigenvalue weighted by atomic mass is 16.3. The van der Waals surface area contributed by atoms with Crippen molar-refractivity contribution in [1.29, 1.82) is 0 Å². The van der Waals surface area contributed by atoms with Gasteiger partial charge in [-0.05, 0) is 37.6 Å². The number of aliphatic hydroxyl groups is 1. The Morgan fingerprint density at radius 1 is 1.20 bits per heavy atom. The third kappa shape index (κ3) is 4.52. The SMILES string of the molecule is Nc1nc(Cc2ccccc2)cc(C(N2CCNCC2C=O)C2(O)CCNCC2)n1. The molecule has 0 aliphatic carbocycles. The van der Waals surface area contributed by atoms with E-state index in [9.17, 15) is 9.90 Å². The van der Waals surface area contributed by atoms with Crippen LogP contribution in [0.5, 0.6) is 0 Å². The van der Waals surface area contributed by atoms with Gasteiger partial charge in [-0.1, -0.05) is 30.3 Å². The van der Waals surface area contributed by atoms with Crippen molar-refractivity contribution >= 4 is 12.2 Å². The van der Waals surface area contributed by atoms with Gasteiger partial charge < -0.3 is 26.3 Å². The molecule has 2 atom stereocenters. The Kier molecular flexibility index (Phi) is 6.38. The summed E-state index contributed by atoms with van der Waals surface area (Å²) in [5, 5.41) is 18.3. The number of nitrogens with two attached hydrogens (primary N) is 1. The maximum absolute atomic E-state index is 11.8. The third-order valence-corrected chi connectivity index (χ3v) is 6.12. The van der Waals surface area contributed by atoms with Crippen LogP contribution in [-0.4, -0.2) is 70.6 Å². The van der Waals surface area contributed by atoms with Gasteiger partial charge in [-0.25, -0.2) is 9.97 Å². The van der Waals surface area contributed by atoms with Gasteiger partial charge in [-0.3, -0.25) is 4.90 Å². The predicted octanol–water partition coefficient (Wildman–Crippen LogP) is 0.278. The van der Waals surface area contributed by atoms with Crippen LogP contribution in [0.3, 0.4) is 0 Å². The van der Waals surface area contributed by atoms with Crippen molar-refractivity contribution in [2.75, 3.05) is 38.5 Å². The van der Waals surface area contributed by atoms with E-state index in [-0.39, 0.29) is 12.0 Å². The molecule has 0 bridgehead atoms. The molecule has 1 aromatic carbocycles. The lowest BCUT2D eigenvalue weighted by molar-refractivity contribution is -0.121. The zero-order valence-electron chi connectivity index (χ0n) is 17.1. The summed E-state index contributed by atoms with van der Waals surface area (Å²) in [6, 6.07) is 11.3. The van der Waals surface area contributed by atoms with E-state index >= 15 is 0 Å². The van der Waals surface area contributed by atoms with E-state index in [4.69, 9.17) is 5.73 Å². The van der Waals surface area contributed by atoms with Crippen LogP contribution < -0.4 is 16.4 Å². The molecule has 0 radical (unpaired) electrons. The van der Waals surface area contributed by atoms with Crippen LogP contribution in [0.1, 0.15) is 35.8 Å². The van der Waals surface area contributed by atoms with Gasteiger partial charge in [0.15, 0.2) is 0 Å². The van der Waals surface area contributed by atoms with Crippen LogP contribution >= 0.6 is 0 Å². The number of nitrogens with one attached hydrogen (secondary N) is 2. The van der Waals surface area contributed by atoms with Crippen LogP contribution in [0.2, 0.25) is 0 Å². The second-order valence-corrected chi connectivity index (χ2v) is 8.21. The van der Waals surface area contributed by atoms with E-state index in [0.29, 0.717) is 38.0 Å². The second kappa shape index (κ2) is 9.18. The summed E-state index contributed by atoms with van der Waals surface area (Å²) in [5.41, 5.74) is 7.74. The fourth-order valence-electron chi connectivity index (χ4n) is 4.65. The molecular formula is C22H30N6O2. The number of piperidine rings is 1. The van der Waals surface area contributed by atoms with Crippen LogP contribution in [-0.2, 0) is 11.2 Å². The average molecular weight is 411 g/mol. The van der Waals surface area contributed by atoms with Gasteiger partial charge in [0.05, 0.1) is 29.1 Å². The Morgan fingerprint density at radius 3 is 2.70 bits per heavy atom. The standard InChI is InChI=1S/C22H30N6O2/c23-21-26-17(12-16-4-2-1-3-5-16)13-19(27-21)20(22(30)6-8-24-9-7-22)28-11-10-25-14-18(28)15-29/h1-5,13,15,18,20,24-25,30H,6-12,14H2,(H2,23,26,27). The number of nitrogen functional groups attached to an aromatic ring is 1. The van der Waals surface area contributed by atoms with E-state index in [1.54, 1.807) is 0 Å². The fraction of sp³-hybridized carbons (Fsp3) is 0.500. The van der Waals surface area contributed by atoms with Crippen molar-refractivity contribution in [2.45, 2.75) is 36.9 Å². The summed E-state index contributed by atoms with van der Waals surface area (Å²) in [6.45, 7) is 3.42. The van der Waals surface area contributed by atoms with Gasteiger partial charge in [0, 0.05) is 26.1 Å². The molecule has 30 heavy (non-hydrogen) atoms.